The number of rotatable bonds is 7. The molecule has 0 saturated carbocycles. The molecular formula is C21H25NO4S. The Morgan fingerprint density at radius 2 is 1.89 bits per heavy atom. The van der Waals surface area contributed by atoms with Crippen molar-refractivity contribution in [1.82, 2.24) is 5.32 Å². The van der Waals surface area contributed by atoms with Crippen LogP contribution in [-0.4, -0.2) is 31.6 Å². The highest BCUT2D eigenvalue weighted by atomic mass is 32.1. The standard InChI is InChI=1S/C21H25NO4S/c1-4-15(5-2)22-19(23)12-26-21(24)18-11-14-7-6-13-10-16(25-3)8-9-17(13)20(14)27-18/h8-11,15H,4-7,12H2,1-3H3,(H,22,23). The van der Waals surface area contributed by atoms with Crippen LogP contribution in [0, 0.1) is 0 Å². The molecule has 0 spiro atoms. The number of nitrogens with one attached hydrogen (secondary N) is 1. The zero-order chi connectivity index (χ0) is 19.4. The molecule has 5 nitrogen and oxygen atoms in total. The van der Waals surface area contributed by atoms with Crippen LogP contribution in [0.4, 0.5) is 0 Å². The van der Waals surface area contributed by atoms with Crippen molar-refractivity contribution < 1.29 is 19.1 Å². The summed E-state index contributed by atoms with van der Waals surface area (Å²) in [5.74, 6) is 0.150. The highest BCUT2D eigenvalue weighted by Gasteiger charge is 2.23. The number of hydrogen-bond acceptors (Lipinski definition) is 5. The van der Waals surface area contributed by atoms with Crippen molar-refractivity contribution in [3.63, 3.8) is 0 Å². The van der Waals surface area contributed by atoms with Gasteiger partial charge in [0.15, 0.2) is 6.61 Å². The van der Waals surface area contributed by atoms with Gasteiger partial charge in [0.1, 0.15) is 10.6 Å². The second kappa shape index (κ2) is 8.57. The smallest absolute Gasteiger partial charge is 0.348 e. The zero-order valence-electron chi connectivity index (χ0n) is 16.0. The number of carbonyl (C=O) groups is 2. The van der Waals surface area contributed by atoms with E-state index in [0.717, 1.165) is 47.4 Å². The van der Waals surface area contributed by atoms with E-state index in [1.807, 2.05) is 32.0 Å². The molecule has 1 aliphatic rings. The molecule has 0 atom stereocenters. The number of thiophene rings is 1. The van der Waals surface area contributed by atoms with Crippen LogP contribution in [0.5, 0.6) is 5.75 Å². The lowest BCUT2D eigenvalue weighted by molar-refractivity contribution is -0.125. The number of methoxy groups -OCH3 is 1. The minimum Gasteiger partial charge on any atom is -0.497 e. The van der Waals surface area contributed by atoms with Crippen LogP contribution < -0.4 is 10.1 Å². The van der Waals surface area contributed by atoms with Crippen LogP contribution in [-0.2, 0) is 22.4 Å². The van der Waals surface area contributed by atoms with Gasteiger partial charge in [-0.15, -0.1) is 11.3 Å². The van der Waals surface area contributed by atoms with Gasteiger partial charge in [0.25, 0.3) is 5.91 Å². The second-order valence-electron chi connectivity index (χ2n) is 6.65. The van der Waals surface area contributed by atoms with Gasteiger partial charge in [-0.2, -0.15) is 0 Å². The minimum absolute atomic E-state index is 0.124. The van der Waals surface area contributed by atoms with Gasteiger partial charge in [-0.25, -0.2) is 4.79 Å². The number of amides is 1. The molecule has 0 bridgehead atoms. The molecule has 2 aromatic rings. The van der Waals surface area contributed by atoms with Gasteiger partial charge in [0.2, 0.25) is 0 Å². The molecule has 27 heavy (non-hydrogen) atoms. The number of fused-ring (bicyclic) bond motifs is 3. The molecule has 1 heterocycles. The Kier molecular flexibility index (Phi) is 6.16. The SMILES string of the molecule is CCC(CC)NC(=O)COC(=O)c1cc2c(s1)-c1ccc(OC)cc1CC2. The van der Waals surface area contributed by atoms with E-state index < -0.39 is 5.97 Å². The molecule has 0 aliphatic heterocycles. The van der Waals surface area contributed by atoms with Gasteiger partial charge < -0.3 is 14.8 Å². The van der Waals surface area contributed by atoms with Crippen molar-refractivity contribution in [2.24, 2.45) is 0 Å². The van der Waals surface area contributed by atoms with E-state index in [1.165, 1.54) is 16.9 Å². The predicted molar refractivity (Wildman–Crippen MR) is 107 cm³/mol. The van der Waals surface area contributed by atoms with Crippen molar-refractivity contribution >= 4 is 23.2 Å². The normalized spacial score (nSPS) is 12.3. The summed E-state index contributed by atoms with van der Waals surface area (Å²) in [6.07, 6.45) is 3.52. The van der Waals surface area contributed by atoms with Crippen molar-refractivity contribution in [1.29, 1.82) is 0 Å². The number of aryl methyl sites for hydroxylation is 2. The maximum atomic E-state index is 12.4. The van der Waals surface area contributed by atoms with Gasteiger partial charge in [-0.3, -0.25) is 4.79 Å². The molecule has 1 aromatic heterocycles. The van der Waals surface area contributed by atoms with Crippen molar-refractivity contribution in [2.75, 3.05) is 13.7 Å². The van der Waals surface area contributed by atoms with Crippen molar-refractivity contribution in [3.05, 3.63) is 40.3 Å². The van der Waals surface area contributed by atoms with Gasteiger partial charge in [-0.1, -0.05) is 13.8 Å². The lowest BCUT2D eigenvalue weighted by atomic mass is 9.91. The number of ether oxygens (including phenoxy) is 2. The quantitative estimate of drug-likeness (QED) is 0.730. The monoisotopic (exact) mass is 387 g/mol. The third-order valence-electron chi connectivity index (χ3n) is 4.92. The molecule has 1 amide bonds. The van der Waals surface area contributed by atoms with Gasteiger partial charge in [0, 0.05) is 10.9 Å². The summed E-state index contributed by atoms with van der Waals surface area (Å²) in [6.45, 7) is 3.79. The molecule has 1 N–H and O–H groups in total. The summed E-state index contributed by atoms with van der Waals surface area (Å²) >= 11 is 1.43. The molecular weight excluding hydrogens is 362 g/mol. The number of esters is 1. The first kappa shape index (κ1) is 19.4. The average molecular weight is 388 g/mol. The van der Waals surface area contributed by atoms with E-state index >= 15 is 0 Å². The second-order valence-corrected chi connectivity index (χ2v) is 7.70. The summed E-state index contributed by atoms with van der Waals surface area (Å²) in [7, 11) is 1.66. The van der Waals surface area contributed by atoms with E-state index in [0.29, 0.717) is 4.88 Å². The van der Waals surface area contributed by atoms with Crippen LogP contribution >= 0.6 is 11.3 Å². The fourth-order valence-electron chi connectivity index (χ4n) is 3.30. The van der Waals surface area contributed by atoms with Crippen LogP contribution in [0.15, 0.2) is 24.3 Å². The van der Waals surface area contributed by atoms with Crippen LogP contribution in [0.1, 0.15) is 47.5 Å². The molecule has 0 saturated heterocycles. The van der Waals surface area contributed by atoms with E-state index in [1.54, 1.807) is 7.11 Å². The molecule has 0 unspecified atom stereocenters. The summed E-state index contributed by atoms with van der Waals surface area (Å²) < 4.78 is 10.5. The molecule has 144 valence electrons. The largest absolute Gasteiger partial charge is 0.497 e. The Morgan fingerprint density at radius 3 is 2.59 bits per heavy atom. The van der Waals surface area contributed by atoms with Crippen LogP contribution in [0.25, 0.3) is 10.4 Å². The maximum Gasteiger partial charge on any atom is 0.348 e. The molecule has 3 rings (SSSR count). The van der Waals surface area contributed by atoms with E-state index in [-0.39, 0.29) is 18.6 Å². The maximum absolute atomic E-state index is 12.4. The highest BCUT2D eigenvalue weighted by molar-refractivity contribution is 7.17. The van der Waals surface area contributed by atoms with Gasteiger partial charge in [0.05, 0.1) is 7.11 Å². The Morgan fingerprint density at radius 1 is 1.15 bits per heavy atom. The lowest BCUT2D eigenvalue weighted by Crippen LogP contribution is -2.36. The van der Waals surface area contributed by atoms with Crippen LogP contribution in [0.3, 0.4) is 0 Å². The minimum atomic E-state index is -0.441. The third-order valence-corrected chi connectivity index (χ3v) is 6.11. The van der Waals surface area contributed by atoms with Gasteiger partial charge >= 0.3 is 5.97 Å². The molecule has 1 aromatic carbocycles. The summed E-state index contributed by atoms with van der Waals surface area (Å²) in [6, 6.07) is 8.06. The average Bonchev–Trinajstić information content (AvgIpc) is 3.14. The van der Waals surface area contributed by atoms with E-state index in [2.05, 4.69) is 11.4 Å². The topological polar surface area (TPSA) is 64.6 Å². The zero-order valence-corrected chi connectivity index (χ0v) is 16.8. The third kappa shape index (κ3) is 4.33. The van der Waals surface area contributed by atoms with Crippen molar-refractivity contribution in [3.8, 4) is 16.2 Å². The van der Waals surface area contributed by atoms with E-state index in [4.69, 9.17) is 9.47 Å². The van der Waals surface area contributed by atoms with Crippen LogP contribution in [0.2, 0.25) is 0 Å². The Hall–Kier alpha value is -2.34. The fraction of sp³-hybridized carbons (Fsp3) is 0.429. The molecule has 0 radical (unpaired) electrons. The highest BCUT2D eigenvalue weighted by Crippen LogP contribution is 2.40. The number of hydrogen-bond donors (Lipinski definition) is 1. The Labute approximate surface area is 163 Å². The number of carbonyl (C=O) groups excluding carboxylic acids is 2. The van der Waals surface area contributed by atoms with Crippen molar-refractivity contribution in [2.45, 2.75) is 45.6 Å². The first-order chi connectivity index (χ1) is 13.0. The first-order valence-electron chi connectivity index (χ1n) is 9.32. The summed E-state index contributed by atoms with van der Waals surface area (Å²) in [5.41, 5.74) is 3.53. The Bertz CT molecular complexity index is 839. The predicted octanol–water partition coefficient (Wildman–Crippen LogP) is 3.98. The number of benzene rings is 1. The molecule has 6 heteroatoms. The first-order valence-corrected chi connectivity index (χ1v) is 10.1. The Balaban J connectivity index is 1.68. The fourth-order valence-corrected chi connectivity index (χ4v) is 4.47. The summed E-state index contributed by atoms with van der Waals surface area (Å²) in [4.78, 5) is 26.0. The lowest BCUT2D eigenvalue weighted by Gasteiger charge is -2.16. The van der Waals surface area contributed by atoms with Gasteiger partial charge in [-0.05, 0) is 66.6 Å². The molecule has 1 aliphatic carbocycles. The molecule has 0 fully saturated rings. The van der Waals surface area contributed by atoms with E-state index in [9.17, 15) is 9.59 Å². The summed E-state index contributed by atoms with van der Waals surface area (Å²) in [5, 5.41) is 2.87.